The average Bonchev–Trinajstić information content (AvgIpc) is 2.59. The first-order valence-electron chi connectivity index (χ1n) is 4.67. The van der Waals surface area contributed by atoms with Crippen molar-refractivity contribution in [3.8, 4) is 0 Å². The molecule has 0 fully saturated rings. The Morgan fingerprint density at radius 2 is 2.27 bits per heavy atom. The lowest BCUT2D eigenvalue weighted by molar-refractivity contribution is 0.767. The lowest BCUT2D eigenvalue weighted by Crippen LogP contribution is -1.95. The van der Waals surface area contributed by atoms with Gasteiger partial charge >= 0.3 is 0 Å². The van der Waals surface area contributed by atoms with Crippen LogP contribution in [-0.4, -0.2) is 9.78 Å². The van der Waals surface area contributed by atoms with Crippen LogP contribution in [0.25, 0.3) is 0 Å². The van der Waals surface area contributed by atoms with E-state index in [1.165, 1.54) is 0 Å². The summed E-state index contributed by atoms with van der Waals surface area (Å²) in [4.78, 5) is 0. The average molecular weight is 222 g/mol. The van der Waals surface area contributed by atoms with Crippen LogP contribution in [0.15, 0.2) is 30.6 Å². The van der Waals surface area contributed by atoms with Gasteiger partial charge < -0.3 is 5.73 Å². The maximum atomic E-state index is 5.94. The Balaban J connectivity index is 2.28. The predicted molar refractivity (Wildman–Crippen MR) is 61.9 cm³/mol. The van der Waals surface area contributed by atoms with E-state index >= 15 is 0 Å². The van der Waals surface area contributed by atoms with Gasteiger partial charge in [-0.25, -0.2) is 0 Å². The molecule has 4 heteroatoms. The van der Waals surface area contributed by atoms with Gasteiger partial charge in [0.05, 0.1) is 16.9 Å². The third-order valence-corrected chi connectivity index (χ3v) is 2.63. The van der Waals surface area contributed by atoms with Crippen LogP contribution in [0.1, 0.15) is 11.1 Å². The highest BCUT2D eigenvalue weighted by molar-refractivity contribution is 6.33. The van der Waals surface area contributed by atoms with E-state index in [9.17, 15) is 0 Å². The van der Waals surface area contributed by atoms with E-state index in [1.54, 1.807) is 10.7 Å². The second-order valence-corrected chi connectivity index (χ2v) is 3.92. The number of rotatable bonds is 2. The van der Waals surface area contributed by atoms with Gasteiger partial charge in [-0.2, -0.15) is 5.10 Å². The molecule has 0 amide bonds. The largest absolute Gasteiger partial charge is 0.397 e. The minimum atomic E-state index is 0.608. The molecule has 0 aliphatic carbocycles. The number of nitrogen functional groups attached to an aromatic ring is 1. The summed E-state index contributed by atoms with van der Waals surface area (Å²) in [6.07, 6.45) is 4.57. The number of hydrogen-bond donors (Lipinski definition) is 1. The molecule has 1 heterocycles. The summed E-state index contributed by atoms with van der Waals surface area (Å²) in [5.74, 6) is 0. The summed E-state index contributed by atoms with van der Waals surface area (Å²) in [6.45, 7) is 0. The van der Waals surface area contributed by atoms with Crippen molar-refractivity contribution in [1.29, 1.82) is 0 Å². The monoisotopic (exact) mass is 221 g/mol. The zero-order valence-corrected chi connectivity index (χ0v) is 9.20. The van der Waals surface area contributed by atoms with Gasteiger partial charge in [-0.15, -0.1) is 0 Å². The van der Waals surface area contributed by atoms with Crippen LogP contribution < -0.4 is 5.73 Å². The summed E-state index contributed by atoms with van der Waals surface area (Å²) in [7, 11) is 1.89. The van der Waals surface area contributed by atoms with E-state index in [4.69, 9.17) is 17.3 Å². The van der Waals surface area contributed by atoms with Crippen molar-refractivity contribution in [2.45, 2.75) is 6.42 Å². The van der Waals surface area contributed by atoms with Gasteiger partial charge in [-0.1, -0.05) is 23.7 Å². The molecule has 2 aromatic rings. The molecule has 0 spiro atoms. The number of aromatic nitrogens is 2. The molecule has 0 atom stereocenters. The van der Waals surface area contributed by atoms with Gasteiger partial charge in [0.25, 0.3) is 0 Å². The van der Waals surface area contributed by atoms with E-state index in [2.05, 4.69) is 5.10 Å². The van der Waals surface area contributed by atoms with Crippen LogP contribution in [0, 0.1) is 0 Å². The van der Waals surface area contributed by atoms with Crippen molar-refractivity contribution < 1.29 is 0 Å². The van der Waals surface area contributed by atoms with E-state index in [1.807, 2.05) is 31.6 Å². The molecule has 1 aromatic carbocycles. The normalized spacial score (nSPS) is 10.5. The van der Waals surface area contributed by atoms with Crippen molar-refractivity contribution in [2.75, 3.05) is 5.73 Å². The number of nitrogens with zero attached hydrogens (tertiary/aromatic N) is 2. The molecule has 78 valence electrons. The van der Waals surface area contributed by atoms with Crippen molar-refractivity contribution in [2.24, 2.45) is 7.05 Å². The van der Waals surface area contributed by atoms with Crippen LogP contribution in [0.5, 0.6) is 0 Å². The first-order valence-corrected chi connectivity index (χ1v) is 5.05. The first-order chi connectivity index (χ1) is 7.16. The molecular formula is C11H12ClN3. The van der Waals surface area contributed by atoms with E-state index in [0.717, 1.165) is 17.5 Å². The first kappa shape index (κ1) is 10.1. The summed E-state index contributed by atoms with van der Waals surface area (Å²) in [5.41, 5.74) is 8.70. The van der Waals surface area contributed by atoms with Crippen molar-refractivity contribution in [3.05, 3.63) is 46.7 Å². The molecule has 0 bridgehead atoms. The highest BCUT2D eigenvalue weighted by atomic mass is 35.5. The Bertz CT molecular complexity index is 476. The van der Waals surface area contributed by atoms with Crippen LogP contribution in [0.2, 0.25) is 5.02 Å². The Morgan fingerprint density at radius 1 is 1.47 bits per heavy atom. The quantitative estimate of drug-likeness (QED) is 0.791. The van der Waals surface area contributed by atoms with Crippen molar-refractivity contribution in [3.63, 3.8) is 0 Å². The van der Waals surface area contributed by atoms with Crippen LogP contribution >= 0.6 is 11.6 Å². The second kappa shape index (κ2) is 3.95. The summed E-state index contributed by atoms with van der Waals surface area (Å²) in [6, 6.07) is 5.68. The maximum absolute atomic E-state index is 5.94. The Labute approximate surface area is 93.5 Å². The smallest absolute Gasteiger partial charge is 0.0638 e. The fraction of sp³-hybridized carbons (Fsp3) is 0.182. The molecule has 0 aliphatic rings. The van der Waals surface area contributed by atoms with Crippen LogP contribution in [0.3, 0.4) is 0 Å². The van der Waals surface area contributed by atoms with Crippen molar-refractivity contribution >= 4 is 17.3 Å². The molecule has 0 saturated carbocycles. The van der Waals surface area contributed by atoms with Gasteiger partial charge in [-0.05, 0) is 17.2 Å². The number of benzene rings is 1. The lowest BCUT2D eigenvalue weighted by Gasteiger charge is -2.05. The topological polar surface area (TPSA) is 43.8 Å². The molecule has 2 rings (SSSR count). The minimum absolute atomic E-state index is 0.608. The van der Waals surface area contributed by atoms with Gasteiger partial charge in [0.2, 0.25) is 0 Å². The number of para-hydroxylation sites is 1. The second-order valence-electron chi connectivity index (χ2n) is 3.51. The molecule has 15 heavy (non-hydrogen) atoms. The Kier molecular flexibility index (Phi) is 2.64. The molecule has 0 aliphatic heterocycles. The van der Waals surface area contributed by atoms with Gasteiger partial charge in [0.15, 0.2) is 0 Å². The number of anilines is 1. The van der Waals surface area contributed by atoms with E-state index in [-0.39, 0.29) is 0 Å². The fourth-order valence-electron chi connectivity index (χ4n) is 1.52. The van der Waals surface area contributed by atoms with Gasteiger partial charge in [0, 0.05) is 19.7 Å². The number of nitrogens with two attached hydrogens (primary N) is 1. The third kappa shape index (κ3) is 2.13. The predicted octanol–water partition coefficient (Wildman–Crippen LogP) is 2.25. The fourth-order valence-corrected chi connectivity index (χ4v) is 1.71. The van der Waals surface area contributed by atoms with Crippen LogP contribution in [0.4, 0.5) is 5.69 Å². The van der Waals surface area contributed by atoms with E-state index in [0.29, 0.717) is 10.7 Å². The maximum Gasteiger partial charge on any atom is 0.0638 e. The Morgan fingerprint density at radius 3 is 2.93 bits per heavy atom. The zero-order valence-electron chi connectivity index (χ0n) is 8.44. The molecule has 1 aromatic heterocycles. The molecule has 0 radical (unpaired) electrons. The SMILES string of the molecule is Cn1cc(Cc2cccc(Cl)c2N)cn1. The number of aryl methyl sites for hydroxylation is 1. The van der Waals surface area contributed by atoms with Crippen LogP contribution in [-0.2, 0) is 13.5 Å². The summed E-state index contributed by atoms with van der Waals surface area (Å²) < 4.78 is 1.77. The lowest BCUT2D eigenvalue weighted by atomic mass is 10.1. The van der Waals surface area contributed by atoms with Gasteiger partial charge in [0.1, 0.15) is 0 Å². The Hall–Kier alpha value is -1.48. The molecule has 0 saturated heterocycles. The zero-order chi connectivity index (χ0) is 10.8. The molecule has 3 nitrogen and oxygen atoms in total. The molecule has 2 N–H and O–H groups in total. The molecular weight excluding hydrogens is 210 g/mol. The number of halogens is 1. The van der Waals surface area contributed by atoms with Gasteiger partial charge in [-0.3, -0.25) is 4.68 Å². The minimum Gasteiger partial charge on any atom is -0.397 e. The summed E-state index contributed by atoms with van der Waals surface area (Å²) in [5, 5.41) is 4.72. The highest BCUT2D eigenvalue weighted by Crippen LogP contribution is 2.24. The number of hydrogen-bond acceptors (Lipinski definition) is 2. The standard InChI is InChI=1S/C11H12ClN3/c1-15-7-8(6-14-15)5-9-3-2-4-10(12)11(9)13/h2-4,6-7H,5,13H2,1H3. The molecule has 0 unspecified atom stereocenters. The van der Waals surface area contributed by atoms with E-state index < -0.39 is 0 Å². The highest BCUT2D eigenvalue weighted by Gasteiger charge is 2.04. The third-order valence-electron chi connectivity index (χ3n) is 2.30. The van der Waals surface area contributed by atoms with Crippen molar-refractivity contribution in [1.82, 2.24) is 9.78 Å². The summed E-state index contributed by atoms with van der Waals surface area (Å²) >= 11 is 5.94.